The highest BCUT2D eigenvalue weighted by Crippen LogP contribution is 2.32. The Kier molecular flexibility index (Phi) is 3.99. The molecular formula is C12H17N3O3. The van der Waals surface area contributed by atoms with E-state index in [0.29, 0.717) is 23.8 Å². The van der Waals surface area contributed by atoms with Crippen molar-refractivity contribution >= 4 is 17.1 Å². The smallest absolute Gasteiger partial charge is 0.315 e. The zero-order valence-electron chi connectivity index (χ0n) is 10.3. The second kappa shape index (κ2) is 5.68. The monoisotopic (exact) mass is 251 g/mol. The van der Waals surface area contributed by atoms with Gasteiger partial charge < -0.3 is 15.4 Å². The third-order valence-electron chi connectivity index (χ3n) is 3.09. The lowest BCUT2D eigenvalue weighted by Gasteiger charge is -2.12. The fraction of sp³-hybridized carbons (Fsp3) is 0.500. The van der Waals surface area contributed by atoms with Gasteiger partial charge in [0.1, 0.15) is 11.4 Å². The van der Waals surface area contributed by atoms with E-state index >= 15 is 0 Å². The Morgan fingerprint density at radius 3 is 2.89 bits per heavy atom. The summed E-state index contributed by atoms with van der Waals surface area (Å²) in [4.78, 5) is 10.7. The van der Waals surface area contributed by atoms with Crippen LogP contribution in [0.1, 0.15) is 6.42 Å². The molecule has 6 nitrogen and oxygen atoms in total. The van der Waals surface area contributed by atoms with Crippen LogP contribution in [-0.2, 0) is 4.74 Å². The Morgan fingerprint density at radius 2 is 2.28 bits per heavy atom. The van der Waals surface area contributed by atoms with E-state index in [4.69, 9.17) is 4.74 Å². The van der Waals surface area contributed by atoms with Crippen molar-refractivity contribution in [3.05, 3.63) is 28.3 Å². The molecule has 2 rings (SSSR count). The first-order valence-corrected chi connectivity index (χ1v) is 5.99. The summed E-state index contributed by atoms with van der Waals surface area (Å²) in [5.74, 6) is 0.433. The van der Waals surface area contributed by atoms with Crippen molar-refractivity contribution in [2.24, 2.45) is 5.92 Å². The number of nitrogens with zero attached hydrogens (tertiary/aromatic N) is 1. The van der Waals surface area contributed by atoms with E-state index in [1.165, 1.54) is 0 Å². The Morgan fingerprint density at radius 1 is 1.50 bits per heavy atom. The van der Waals surface area contributed by atoms with Crippen LogP contribution in [0, 0.1) is 16.0 Å². The Hall–Kier alpha value is -1.82. The number of nitro groups is 1. The molecule has 1 saturated heterocycles. The van der Waals surface area contributed by atoms with Crippen LogP contribution in [0.3, 0.4) is 0 Å². The van der Waals surface area contributed by atoms with Crippen LogP contribution in [0.5, 0.6) is 0 Å². The van der Waals surface area contributed by atoms with Gasteiger partial charge in [-0.2, -0.15) is 0 Å². The van der Waals surface area contributed by atoms with Gasteiger partial charge in [-0.05, 0) is 18.6 Å². The maximum absolute atomic E-state index is 11.1. The number of nitro benzene ring substituents is 1. The molecule has 0 amide bonds. The van der Waals surface area contributed by atoms with E-state index < -0.39 is 0 Å². The molecule has 1 fully saturated rings. The molecule has 0 aromatic heterocycles. The lowest BCUT2D eigenvalue weighted by Crippen LogP contribution is -2.15. The number of nitrogens with one attached hydrogen (secondary N) is 2. The van der Waals surface area contributed by atoms with E-state index in [9.17, 15) is 10.1 Å². The van der Waals surface area contributed by atoms with Gasteiger partial charge in [-0.15, -0.1) is 0 Å². The summed E-state index contributed by atoms with van der Waals surface area (Å²) >= 11 is 0. The molecule has 1 aliphatic rings. The molecule has 1 aromatic carbocycles. The molecule has 0 radical (unpaired) electrons. The number of benzene rings is 1. The zero-order valence-corrected chi connectivity index (χ0v) is 10.3. The Bertz CT molecular complexity index is 431. The molecule has 0 saturated carbocycles. The fourth-order valence-electron chi connectivity index (χ4n) is 2.08. The molecule has 2 N–H and O–H groups in total. The lowest BCUT2D eigenvalue weighted by molar-refractivity contribution is -0.383. The molecule has 0 spiro atoms. The minimum atomic E-state index is -0.362. The van der Waals surface area contributed by atoms with Crippen LogP contribution in [-0.4, -0.2) is 31.7 Å². The maximum atomic E-state index is 11.1. The Labute approximate surface area is 105 Å². The molecule has 1 aromatic rings. The number of anilines is 2. The van der Waals surface area contributed by atoms with Gasteiger partial charge >= 0.3 is 5.69 Å². The predicted molar refractivity (Wildman–Crippen MR) is 70.1 cm³/mol. The molecule has 0 aliphatic carbocycles. The first-order valence-electron chi connectivity index (χ1n) is 5.99. The SMILES string of the molecule is CNc1cccc(NCC2CCOC2)c1[N+](=O)[O-]. The van der Waals surface area contributed by atoms with Crippen molar-refractivity contribution in [3.63, 3.8) is 0 Å². The zero-order chi connectivity index (χ0) is 13.0. The van der Waals surface area contributed by atoms with Crippen molar-refractivity contribution in [2.45, 2.75) is 6.42 Å². The molecule has 1 unspecified atom stereocenters. The fourth-order valence-corrected chi connectivity index (χ4v) is 2.08. The highest BCUT2D eigenvalue weighted by molar-refractivity contribution is 5.75. The molecule has 1 atom stereocenters. The highest BCUT2D eigenvalue weighted by Gasteiger charge is 2.21. The summed E-state index contributed by atoms with van der Waals surface area (Å²) in [7, 11) is 1.68. The average molecular weight is 251 g/mol. The van der Waals surface area contributed by atoms with E-state index in [-0.39, 0.29) is 10.6 Å². The minimum absolute atomic E-state index is 0.0962. The molecule has 18 heavy (non-hydrogen) atoms. The van der Waals surface area contributed by atoms with Gasteiger partial charge in [0.05, 0.1) is 11.5 Å². The van der Waals surface area contributed by atoms with Crippen LogP contribution in [0.4, 0.5) is 17.1 Å². The lowest BCUT2D eigenvalue weighted by atomic mass is 10.1. The summed E-state index contributed by atoms with van der Waals surface area (Å²) in [6.07, 6.45) is 1.01. The molecular weight excluding hydrogens is 234 g/mol. The van der Waals surface area contributed by atoms with Gasteiger partial charge in [0, 0.05) is 26.1 Å². The first-order chi connectivity index (χ1) is 8.72. The standard InChI is InChI=1S/C12H17N3O3/c1-13-10-3-2-4-11(12(10)15(16)17)14-7-9-5-6-18-8-9/h2-4,9,13-14H,5-8H2,1H3. The molecule has 0 bridgehead atoms. The average Bonchev–Trinajstić information content (AvgIpc) is 2.88. The quantitative estimate of drug-likeness (QED) is 0.619. The van der Waals surface area contributed by atoms with Crippen molar-refractivity contribution < 1.29 is 9.66 Å². The van der Waals surface area contributed by atoms with Crippen LogP contribution in [0.2, 0.25) is 0 Å². The summed E-state index contributed by atoms with van der Waals surface area (Å²) in [5.41, 5.74) is 1.17. The number of hydrogen-bond acceptors (Lipinski definition) is 5. The summed E-state index contributed by atoms with van der Waals surface area (Å²) in [5, 5.41) is 17.1. The normalized spacial score (nSPS) is 18.6. The van der Waals surface area contributed by atoms with Gasteiger partial charge in [-0.1, -0.05) is 6.07 Å². The van der Waals surface area contributed by atoms with E-state index in [1.54, 1.807) is 25.2 Å². The van der Waals surface area contributed by atoms with Gasteiger partial charge in [-0.25, -0.2) is 0 Å². The van der Waals surface area contributed by atoms with Crippen LogP contribution in [0.15, 0.2) is 18.2 Å². The summed E-state index contributed by atoms with van der Waals surface area (Å²) in [6.45, 7) is 2.21. The Balaban J connectivity index is 2.13. The van der Waals surface area contributed by atoms with E-state index in [1.807, 2.05) is 0 Å². The second-order valence-corrected chi connectivity index (χ2v) is 4.32. The third kappa shape index (κ3) is 2.70. The van der Waals surface area contributed by atoms with E-state index in [2.05, 4.69) is 10.6 Å². The predicted octanol–water partition coefficient (Wildman–Crippen LogP) is 2.08. The topological polar surface area (TPSA) is 76.4 Å². The third-order valence-corrected chi connectivity index (χ3v) is 3.09. The van der Waals surface area contributed by atoms with Gasteiger partial charge in [0.25, 0.3) is 0 Å². The van der Waals surface area contributed by atoms with Crippen LogP contribution >= 0.6 is 0 Å². The van der Waals surface area contributed by atoms with Gasteiger partial charge in [0.15, 0.2) is 0 Å². The van der Waals surface area contributed by atoms with Crippen molar-refractivity contribution in [3.8, 4) is 0 Å². The van der Waals surface area contributed by atoms with Crippen LogP contribution < -0.4 is 10.6 Å². The highest BCUT2D eigenvalue weighted by atomic mass is 16.6. The minimum Gasteiger partial charge on any atom is -0.382 e. The van der Waals surface area contributed by atoms with Crippen LogP contribution in [0.25, 0.3) is 0 Å². The number of hydrogen-bond donors (Lipinski definition) is 2. The van der Waals surface area contributed by atoms with E-state index in [0.717, 1.165) is 19.6 Å². The molecule has 6 heteroatoms. The summed E-state index contributed by atoms with van der Waals surface area (Å²) in [6, 6.07) is 5.23. The number of rotatable bonds is 5. The van der Waals surface area contributed by atoms with Crippen molar-refractivity contribution in [1.29, 1.82) is 0 Å². The first kappa shape index (κ1) is 12.6. The molecule has 1 aliphatic heterocycles. The van der Waals surface area contributed by atoms with Gasteiger partial charge in [0.2, 0.25) is 0 Å². The number of para-hydroxylation sites is 1. The maximum Gasteiger partial charge on any atom is 0.315 e. The number of ether oxygens (including phenoxy) is 1. The summed E-state index contributed by atoms with van der Waals surface area (Å²) < 4.78 is 5.28. The largest absolute Gasteiger partial charge is 0.382 e. The van der Waals surface area contributed by atoms with Crippen molar-refractivity contribution in [2.75, 3.05) is 37.4 Å². The van der Waals surface area contributed by atoms with Crippen molar-refractivity contribution in [1.82, 2.24) is 0 Å². The van der Waals surface area contributed by atoms with Gasteiger partial charge in [-0.3, -0.25) is 10.1 Å². The molecule has 98 valence electrons. The molecule has 1 heterocycles. The second-order valence-electron chi connectivity index (χ2n) is 4.32.